The van der Waals surface area contributed by atoms with Gasteiger partial charge in [0.25, 0.3) is 0 Å². The van der Waals surface area contributed by atoms with Gasteiger partial charge in [-0.3, -0.25) is 9.48 Å². The summed E-state index contributed by atoms with van der Waals surface area (Å²) in [5.41, 5.74) is 2.22. The second kappa shape index (κ2) is 4.51. The Kier molecular flexibility index (Phi) is 3.08. The molecule has 0 saturated carbocycles. The predicted octanol–water partition coefficient (Wildman–Crippen LogP) is 1.58. The summed E-state index contributed by atoms with van der Waals surface area (Å²) in [4.78, 5) is 11.2. The van der Waals surface area contributed by atoms with E-state index < -0.39 is 0 Å². The number of carbonyl (C=O) groups is 1. The molecule has 2 heterocycles. The average molecular weight is 219 g/mol. The standard InChI is InChI=1S/C12H17N3O/c1-3-12(16)13-9(2)11-8-10-6-4-5-7-15(10)14-11/h3,8-9H,1,4-7H2,2H3,(H,13,16). The van der Waals surface area contributed by atoms with Crippen LogP contribution in [-0.4, -0.2) is 15.7 Å². The van der Waals surface area contributed by atoms with E-state index in [1.54, 1.807) is 0 Å². The highest BCUT2D eigenvalue weighted by molar-refractivity contribution is 5.87. The van der Waals surface area contributed by atoms with Gasteiger partial charge in [-0.05, 0) is 38.3 Å². The van der Waals surface area contributed by atoms with Crippen LogP contribution in [0.4, 0.5) is 0 Å². The summed E-state index contributed by atoms with van der Waals surface area (Å²) in [6, 6.07) is 2.04. The molecule has 1 amide bonds. The molecule has 1 unspecified atom stereocenters. The van der Waals surface area contributed by atoms with Gasteiger partial charge < -0.3 is 5.32 Å². The minimum absolute atomic E-state index is 0.0522. The highest BCUT2D eigenvalue weighted by atomic mass is 16.1. The average Bonchev–Trinajstić information content (AvgIpc) is 2.72. The van der Waals surface area contributed by atoms with Gasteiger partial charge in [0, 0.05) is 12.2 Å². The maximum absolute atomic E-state index is 11.2. The largest absolute Gasteiger partial charge is 0.344 e. The van der Waals surface area contributed by atoms with Crippen molar-refractivity contribution in [1.82, 2.24) is 15.1 Å². The van der Waals surface area contributed by atoms with Crippen LogP contribution in [0.25, 0.3) is 0 Å². The fourth-order valence-electron chi connectivity index (χ4n) is 2.00. The molecule has 1 aliphatic rings. The summed E-state index contributed by atoms with van der Waals surface area (Å²) in [6.07, 6.45) is 4.81. The van der Waals surface area contributed by atoms with Crippen molar-refractivity contribution in [2.75, 3.05) is 0 Å². The smallest absolute Gasteiger partial charge is 0.243 e. The number of carbonyl (C=O) groups excluding carboxylic acids is 1. The lowest BCUT2D eigenvalue weighted by Crippen LogP contribution is -2.24. The molecular weight excluding hydrogens is 202 g/mol. The van der Waals surface area contributed by atoms with Gasteiger partial charge in [-0.1, -0.05) is 6.58 Å². The lowest BCUT2D eigenvalue weighted by molar-refractivity contribution is -0.117. The van der Waals surface area contributed by atoms with E-state index in [0.717, 1.165) is 18.7 Å². The summed E-state index contributed by atoms with van der Waals surface area (Å²) >= 11 is 0. The van der Waals surface area contributed by atoms with Crippen LogP contribution in [0.15, 0.2) is 18.7 Å². The Labute approximate surface area is 95.3 Å². The summed E-state index contributed by atoms with van der Waals surface area (Å²) in [7, 11) is 0. The number of amides is 1. The highest BCUT2D eigenvalue weighted by Crippen LogP contribution is 2.18. The minimum atomic E-state index is -0.154. The SMILES string of the molecule is C=CC(=O)NC(C)c1cc2n(n1)CCCC2. The van der Waals surface area contributed by atoms with Gasteiger partial charge in [0.2, 0.25) is 5.91 Å². The third-order valence-electron chi connectivity index (χ3n) is 2.92. The monoisotopic (exact) mass is 219 g/mol. The lowest BCUT2D eigenvalue weighted by atomic mass is 10.1. The number of hydrogen-bond acceptors (Lipinski definition) is 2. The van der Waals surface area contributed by atoms with Gasteiger partial charge in [-0.2, -0.15) is 5.10 Å². The number of nitrogens with zero attached hydrogens (tertiary/aromatic N) is 2. The fraction of sp³-hybridized carbons (Fsp3) is 0.500. The zero-order valence-corrected chi connectivity index (χ0v) is 9.57. The van der Waals surface area contributed by atoms with E-state index in [-0.39, 0.29) is 11.9 Å². The Bertz CT molecular complexity index is 385. The van der Waals surface area contributed by atoms with E-state index in [1.807, 2.05) is 6.92 Å². The quantitative estimate of drug-likeness (QED) is 0.785. The molecule has 0 aromatic carbocycles. The topological polar surface area (TPSA) is 46.9 Å². The molecule has 1 aliphatic heterocycles. The molecule has 0 fully saturated rings. The molecular formula is C12H17N3O. The molecule has 0 saturated heterocycles. The molecule has 16 heavy (non-hydrogen) atoms. The first-order valence-corrected chi connectivity index (χ1v) is 5.70. The second-order valence-corrected chi connectivity index (χ2v) is 4.18. The van der Waals surface area contributed by atoms with E-state index in [0.29, 0.717) is 0 Å². The van der Waals surface area contributed by atoms with Crippen molar-refractivity contribution in [2.24, 2.45) is 0 Å². The summed E-state index contributed by atoms with van der Waals surface area (Å²) in [5, 5.41) is 7.33. The van der Waals surface area contributed by atoms with Crippen LogP contribution in [0, 0.1) is 0 Å². The van der Waals surface area contributed by atoms with Gasteiger partial charge >= 0.3 is 0 Å². The normalized spacial score (nSPS) is 16.3. The number of aryl methyl sites for hydroxylation is 2. The maximum Gasteiger partial charge on any atom is 0.243 e. The van der Waals surface area contributed by atoms with Gasteiger partial charge in [0.05, 0.1) is 11.7 Å². The summed E-state index contributed by atoms with van der Waals surface area (Å²) in [5.74, 6) is -0.154. The maximum atomic E-state index is 11.2. The number of aromatic nitrogens is 2. The minimum Gasteiger partial charge on any atom is -0.344 e. The molecule has 86 valence electrons. The number of fused-ring (bicyclic) bond motifs is 1. The Balaban J connectivity index is 2.11. The van der Waals surface area contributed by atoms with Crippen molar-refractivity contribution >= 4 is 5.91 Å². The van der Waals surface area contributed by atoms with Crippen LogP contribution < -0.4 is 5.32 Å². The van der Waals surface area contributed by atoms with Crippen molar-refractivity contribution < 1.29 is 4.79 Å². The van der Waals surface area contributed by atoms with Crippen molar-refractivity contribution in [1.29, 1.82) is 0 Å². The van der Waals surface area contributed by atoms with E-state index in [2.05, 4.69) is 27.7 Å². The molecule has 4 nitrogen and oxygen atoms in total. The Morgan fingerprint density at radius 2 is 2.50 bits per heavy atom. The van der Waals surface area contributed by atoms with Crippen LogP contribution in [0.5, 0.6) is 0 Å². The van der Waals surface area contributed by atoms with Crippen molar-refractivity contribution in [3.63, 3.8) is 0 Å². The van der Waals surface area contributed by atoms with Gasteiger partial charge in [0.1, 0.15) is 0 Å². The summed E-state index contributed by atoms with van der Waals surface area (Å²) < 4.78 is 2.05. The number of hydrogen-bond donors (Lipinski definition) is 1. The van der Waals surface area contributed by atoms with Crippen molar-refractivity contribution in [2.45, 2.75) is 38.8 Å². The van der Waals surface area contributed by atoms with E-state index >= 15 is 0 Å². The van der Waals surface area contributed by atoms with Gasteiger partial charge in [-0.15, -0.1) is 0 Å². The first-order chi connectivity index (χ1) is 7.70. The zero-order chi connectivity index (χ0) is 11.5. The van der Waals surface area contributed by atoms with Crippen LogP contribution >= 0.6 is 0 Å². The summed E-state index contributed by atoms with van der Waals surface area (Å²) in [6.45, 7) is 6.37. The third kappa shape index (κ3) is 2.15. The van der Waals surface area contributed by atoms with Crippen LogP contribution in [0.2, 0.25) is 0 Å². The Morgan fingerprint density at radius 3 is 3.19 bits per heavy atom. The van der Waals surface area contributed by atoms with E-state index in [1.165, 1.54) is 24.6 Å². The Hall–Kier alpha value is -1.58. The van der Waals surface area contributed by atoms with Crippen LogP contribution in [-0.2, 0) is 17.8 Å². The van der Waals surface area contributed by atoms with E-state index in [9.17, 15) is 4.79 Å². The molecule has 0 spiro atoms. The Morgan fingerprint density at radius 1 is 1.69 bits per heavy atom. The molecule has 0 bridgehead atoms. The molecule has 1 aromatic heterocycles. The molecule has 1 aromatic rings. The van der Waals surface area contributed by atoms with Crippen molar-refractivity contribution in [3.05, 3.63) is 30.1 Å². The molecule has 4 heteroatoms. The highest BCUT2D eigenvalue weighted by Gasteiger charge is 2.16. The van der Waals surface area contributed by atoms with Crippen LogP contribution in [0.3, 0.4) is 0 Å². The molecule has 1 N–H and O–H groups in total. The van der Waals surface area contributed by atoms with Crippen LogP contribution in [0.1, 0.15) is 37.2 Å². The second-order valence-electron chi connectivity index (χ2n) is 4.18. The van der Waals surface area contributed by atoms with Gasteiger partial charge in [-0.25, -0.2) is 0 Å². The first kappa shape index (κ1) is 10.9. The van der Waals surface area contributed by atoms with Crippen molar-refractivity contribution in [3.8, 4) is 0 Å². The molecule has 0 radical (unpaired) electrons. The lowest BCUT2D eigenvalue weighted by Gasteiger charge is -2.12. The molecule has 0 aliphatic carbocycles. The zero-order valence-electron chi connectivity index (χ0n) is 9.57. The van der Waals surface area contributed by atoms with Gasteiger partial charge in [0.15, 0.2) is 0 Å². The molecule has 1 atom stereocenters. The third-order valence-corrected chi connectivity index (χ3v) is 2.92. The number of rotatable bonds is 3. The van der Waals surface area contributed by atoms with E-state index in [4.69, 9.17) is 0 Å². The number of nitrogens with one attached hydrogen (secondary N) is 1. The fourth-order valence-corrected chi connectivity index (χ4v) is 2.00. The first-order valence-electron chi connectivity index (χ1n) is 5.70. The molecule has 2 rings (SSSR count). The predicted molar refractivity (Wildman–Crippen MR) is 61.9 cm³/mol.